The van der Waals surface area contributed by atoms with Gasteiger partial charge in [0.25, 0.3) is 5.91 Å². The van der Waals surface area contributed by atoms with Crippen molar-refractivity contribution in [2.75, 3.05) is 11.4 Å². The summed E-state index contributed by atoms with van der Waals surface area (Å²) in [6.07, 6.45) is -0.903. The van der Waals surface area contributed by atoms with Gasteiger partial charge in [-0.25, -0.2) is 9.48 Å². The van der Waals surface area contributed by atoms with Gasteiger partial charge in [0.05, 0.1) is 11.1 Å². The number of para-hydroxylation sites is 1. The molecule has 0 N–H and O–H groups in total. The van der Waals surface area contributed by atoms with Crippen molar-refractivity contribution in [1.82, 2.24) is 15.0 Å². The molecule has 0 aliphatic rings. The van der Waals surface area contributed by atoms with Gasteiger partial charge >= 0.3 is 5.97 Å². The molecule has 2 aromatic carbocycles. The molecule has 3 rings (SSSR count). The van der Waals surface area contributed by atoms with Crippen molar-refractivity contribution in [3.05, 3.63) is 54.1 Å². The Morgan fingerprint density at radius 3 is 2.56 bits per heavy atom. The molecule has 0 unspecified atom stereocenters. The fourth-order valence-electron chi connectivity index (χ4n) is 2.90. The smallest absolute Gasteiger partial charge is 0.338 e. The van der Waals surface area contributed by atoms with E-state index in [4.69, 9.17) is 4.74 Å². The highest BCUT2D eigenvalue weighted by Crippen LogP contribution is 2.17. The van der Waals surface area contributed by atoms with Crippen molar-refractivity contribution in [2.24, 2.45) is 0 Å². The normalized spacial score (nSPS) is 12.0. The van der Waals surface area contributed by atoms with E-state index in [1.807, 2.05) is 44.2 Å². The van der Waals surface area contributed by atoms with Gasteiger partial charge in [-0.15, -0.1) is 5.10 Å². The summed E-state index contributed by atoms with van der Waals surface area (Å²) in [5.41, 5.74) is 2.57. The van der Waals surface area contributed by atoms with Crippen LogP contribution in [-0.2, 0) is 16.1 Å². The van der Waals surface area contributed by atoms with Crippen LogP contribution in [0.15, 0.2) is 48.5 Å². The number of hydrogen-bond acceptors (Lipinski definition) is 5. The molecule has 0 aliphatic carbocycles. The third-order valence-corrected chi connectivity index (χ3v) is 4.33. The molecule has 0 radical (unpaired) electrons. The first-order chi connectivity index (χ1) is 13.0. The molecule has 1 amide bonds. The lowest BCUT2D eigenvalue weighted by Gasteiger charge is -2.24. The zero-order valence-electron chi connectivity index (χ0n) is 15.6. The quantitative estimate of drug-likeness (QED) is 0.627. The highest BCUT2D eigenvalue weighted by atomic mass is 16.5. The number of hydrogen-bond donors (Lipinski definition) is 0. The summed E-state index contributed by atoms with van der Waals surface area (Å²) in [6.45, 7) is 6.60. The van der Waals surface area contributed by atoms with E-state index in [0.29, 0.717) is 24.2 Å². The van der Waals surface area contributed by atoms with Crippen LogP contribution < -0.4 is 4.90 Å². The molecule has 0 saturated heterocycles. The molecule has 1 atom stereocenters. The molecule has 140 valence electrons. The van der Waals surface area contributed by atoms with Gasteiger partial charge in [0.15, 0.2) is 6.10 Å². The lowest BCUT2D eigenvalue weighted by Crippen LogP contribution is -2.40. The van der Waals surface area contributed by atoms with Crippen LogP contribution in [0.1, 0.15) is 31.1 Å². The van der Waals surface area contributed by atoms with Crippen LogP contribution >= 0.6 is 0 Å². The number of carbonyl (C=O) groups is 2. The van der Waals surface area contributed by atoms with Gasteiger partial charge in [-0.2, -0.15) is 0 Å². The number of benzene rings is 2. The van der Waals surface area contributed by atoms with E-state index < -0.39 is 12.1 Å². The van der Waals surface area contributed by atoms with E-state index in [0.717, 1.165) is 11.2 Å². The van der Waals surface area contributed by atoms with E-state index in [1.54, 1.807) is 34.7 Å². The second-order valence-corrected chi connectivity index (χ2v) is 6.07. The van der Waals surface area contributed by atoms with Gasteiger partial charge in [0.2, 0.25) is 0 Å². The number of likely N-dealkylation sites (N-methyl/N-ethyl adjacent to an activating group) is 1. The Kier molecular flexibility index (Phi) is 5.49. The molecular formula is C20H22N4O3. The van der Waals surface area contributed by atoms with Crippen molar-refractivity contribution in [3.8, 4) is 0 Å². The second-order valence-electron chi connectivity index (χ2n) is 6.07. The average molecular weight is 366 g/mol. The van der Waals surface area contributed by atoms with Crippen molar-refractivity contribution >= 4 is 28.6 Å². The highest BCUT2D eigenvalue weighted by Gasteiger charge is 2.24. The number of aryl methyl sites for hydroxylation is 1. The van der Waals surface area contributed by atoms with Crippen LogP contribution in [0.4, 0.5) is 5.69 Å². The van der Waals surface area contributed by atoms with Gasteiger partial charge in [0.1, 0.15) is 5.52 Å². The summed E-state index contributed by atoms with van der Waals surface area (Å²) in [5.74, 6) is -0.831. The largest absolute Gasteiger partial charge is 0.449 e. The number of anilines is 1. The molecule has 27 heavy (non-hydrogen) atoms. The maximum Gasteiger partial charge on any atom is 0.338 e. The number of nitrogens with zero attached hydrogens (tertiary/aromatic N) is 4. The zero-order chi connectivity index (χ0) is 19.4. The molecule has 3 aromatic rings. The summed E-state index contributed by atoms with van der Waals surface area (Å²) in [7, 11) is 0. The predicted molar refractivity (Wildman–Crippen MR) is 103 cm³/mol. The number of esters is 1. The molecule has 7 nitrogen and oxygen atoms in total. The molecule has 0 spiro atoms. The minimum absolute atomic E-state index is 0.268. The first-order valence-electron chi connectivity index (χ1n) is 8.95. The highest BCUT2D eigenvalue weighted by molar-refractivity contribution is 5.99. The zero-order valence-corrected chi connectivity index (χ0v) is 15.6. The van der Waals surface area contributed by atoms with Crippen LogP contribution in [0.25, 0.3) is 11.0 Å². The lowest BCUT2D eigenvalue weighted by molar-refractivity contribution is -0.126. The molecule has 0 bridgehead atoms. The van der Waals surface area contributed by atoms with Crippen LogP contribution in [-0.4, -0.2) is 39.5 Å². The maximum absolute atomic E-state index is 12.7. The fourth-order valence-corrected chi connectivity index (χ4v) is 2.90. The molecule has 0 saturated carbocycles. The Bertz CT molecular complexity index is 952. The number of fused-ring (bicyclic) bond motifs is 1. The molecule has 7 heteroatoms. The predicted octanol–water partition coefficient (Wildman–Crippen LogP) is 3.05. The Morgan fingerprint density at radius 1 is 1.15 bits per heavy atom. The van der Waals surface area contributed by atoms with Gasteiger partial charge in [-0.1, -0.05) is 23.4 Å². The van der Waals surface area contributed by atoms with E-state index >= 15 is 0 Å². The Hall–Kier alpha value is -3.22. The molecule has 1 aromatic heterocycles. The topological polar surface area (TPSA) is 77.3 Å². The first kappa shape index (κ1) is 18.6. The van der Waals surface area contributed by atoms with Crippen LogP contribution in [0, 0.1) is 0 Å². The van der Waals surface area contributed by atoms with E-state index in [2.05, 4.69) is 10.3 Å². The van der Waals surface area contributed by atoms with Crippen molar-refractivity contribution in [1.29, 1.82) is 0 Å². The minimum atomic E-state index is -0.903. The first-order valence-corrected chi connectivity index (χ1v) is 8.95. The molecule has 0 aliphatic heterocycles. The van der Waals surface area contributed by atoms with Crippen molar-refractivity contribution < 1.29 is 14.3 Å². The Balaban J connectivity index is 1.73. The third kappa shape index (κ3) is 3.81. The SMILES string of the molecule is CCN(C(=O)[C@@H](C)OC(=O)c1ccc2c(c1)nnn2CC)c1ccccc1. The minimum Gasteiger partial charge on any atom is -0.449 e. The van der Waals surface area contributed by atoms with Gasteiger partial charge in [-0.3, -0.25) is 4.79 Å². The maximum atomic E-state index is 12.7. The molecule has 0 fully saturated rings. The summed E-state index contributed by atoms with van der Waals surface area (Å²) >= 11 is 0. The third-order valence-electron chi connectivity index (χ3n) is 4.33. The summed E-state index contributed by atoms with van der Waals surface area (Å²) < 4.78 is 7.15. The lowest BCUT2D eigenvalue weighted by atomic mass is 10.2. The Labute approximate surface area is 157 Å². The van der Waals surface area contributed by atoms with Crippen molar-refractivity contribution in [2.45, 2.75) is 33.4 Å². The van der Waals surface area contributed by atoms with E-state index in [1.165, 1.54) is 0 Å². The van der Waals surface area contributed by atoms with E-state index in [9.17, 15) is 9.59 Å². The Morgan fingerprint density at radius 2 is 1.89 bits per heavy atom. The second kappa shape index (κ2) is 7.99. The number of aromatic nitrogens is 3. The van der Waals surface area contributed by atoms with Gasteiger partial charge in [0, 0.05) is 18.8 Å². The summed E-state index contributed by atoms with van der Waals surface area (Å²) in [6, 6.07) is 14.4. The fraction of sp³-hybridized carbons (Fsp3) is 0.300. The van der Waals surface area contributed by atoms with Crippen LogP contribution in [0.3, 0.4) is 0 Å². The summed E-state index contributed by atoms with van der Waals surface area (Å²) in [5, 5.41) is 8.08. The van der Waals surface area contributed by atoms with Gasteiger partial charge in [-0.05, 0) is 51.1 Å². The summed E-state index contributed by atoms with van der Waals surface area (Å²) in [4.78, 5) is 26.8. The monoisotopic (exact) mass is 366 g/mol. The van der Waals surface area contributed by atoms with Crippen molar-refractivity contribution in [3.63, 3.8) is 0 Å². The number of ether oxygens (including phenoxy) is 1. The van der Waals surface area contributed by atoms with Crippen LogP contribution in [0.2, 0.25) is 0 Å². The van der Waals surface area contributed by atoms with Gasteiger partial charge < -0.3 is 9.64 Å². The number of amides is 1. The van der Waals surface area contributed by atoms with Crippen LogP contribution in [0.5, 0.6) is 0 Å². The van der Waals surface area contributed by atoms with E-state index in [-0.39, 0.29) is 5.91 Å². The number of rotatable bonds is 6. The molecular weight excluding hydrogens is 344 g/mol. The number of carbonyl (C=O) groups excluding carboxylic acids is 2. The standard InChI is InChI=1S/C20H22N4O3/c1-4-23(16-9-7-6-8-10-16)19(25)14(3)27-20(26)15-11-12-18-17(13-15)21-22-24(18)5-2/h6-14H,4-5H2,1-3H3/t14-/m1/s1. The molecule has 1 heterocycles. The average Bonchev–Trinajstić information content (AvgIpc) is 3.11.